The third-order valence-electron chi connectivity index (χ3n) is 11.2. The molecule has 0 fully saturated rings. The van der Waals surface area contributed by atoms with E-state index in [2.05, 4.69) is 130 Å². The normalized spacial score (nSPS) is 11.7. The number of benzene rings is 8. The van der Waals surface area contributed by atoms with Gasteiger partial charge in [0.1, 0.15) is 5.52 Å². The monoisotopic (exact) mass is 756 g/mol. The third-order valence-corrected chi connectivity index (χ3v) is 11.2. The Labute approximate surface area is 338 Å². The second-order valence-corrected chi connectivity index (χ2v) is 14.7. The zero-order chi connectivity index (χ0) is 38.9. The quantitative estimate of drug-likeness (QED) is 0.169. The summed E-state index contributed by atoms with van der Waals surface area (Å²) in [7, 11) is 0. The lowest BCUT2D eigenvalue weighted by Crippen LogP contribution is -2.08. The van der Waals surface area contributed by atoms with Crippen LogP contribution in [-0.4, -0.2) is 29.1 Å². The van der Waals surface area contributed by atoms with Crippen LogP contribution < -0.4 is 0 Å². The van der Waals surface area contributed by atoms with Gasteiger partial charge in [0.15, 0.2) is 17.2 Å². The Morgan fingerprint density at radius 2 is 0.932 bits per heavy atom. The van der Waals surface area contributed by atoms with Gasteiger partial charge in [-0.2, -0.15) is 9.97 Å². The number of para-hydroxylation sites is 3. The maximum absolute atomic E-state index is 6.48. The number of hydrogen-bond acceptors (Lipinski definition) is 5. The van der Waals surface area contributed by atoms with E-state index in [1.165, 1.54) is 10.8 Å². The summed E-state index contributed by atoms with van der Waals surface area (Å²) >= 11 is 0. The molecule has 276 valence electrons. The summed E-state index contributed by atoms with van der Waals surface area (Å²) in [4.78, 5) is 21.0. The number of hydrogen-bond donors (Lipinski definition) is 0. The molecule has 12 aromatic rings. The molecule has 0 aliphatic heterocycles. The molecule has 0 saturated carbocycles. The molecule has 0 atom stereocenters. The van der Waals surface area contributed by atoms with Gasteiger partial charge in [-0.3, -0.25) is 4.57 Å². The van der Waals surface area contributed by atoms with Crippen molar-refractivity contribution in [3.63, 3.8) is 0 Å². The first-order valence-electron chi connectivity index (χ1n) is 19.7. The molecule has 4 aromatic heterocycles. The molecule has 8 aromatic carbocycles. The highest BCUT2D eigenvalue weighted by Crippen LogP contribution is 2.42. The molecule has 12 rings (SSSR count). The zero-order valence-corrected chi connectivity index (χ0v) is 31.6. The molecular formula is C52H32N6O. The third kappa shape index (κ3) is 5.29. The van der Waals surface area contributed by atoms with Gasteiger partial charge in [0.05, 0.1) is 27.8 Å². The average molecular weight is 757 g/mol. The zero-order valence-electron chi connectivity index (χ0n) is 31.6. The summed E-state index contributed by atoms with van der Waals surface area (Å²) in [5, 5.41) is 4.33. The first-order valence-corrected chi connectivity index (χ1v) is 19.7. The van der Waals surface area contributed by atoms with E-state index in [4.69, 9.17) is 24.4 Å². The number of aromatic nitrogens is 6. The molecule has 7 heteroatoms. The number of fused-ring (bicyclic) bond motifs is 8. The molecule has 7 nitrogen and oxygen atoms in total. The van der Waals surface area contributed by atoms with Gasteiger partial charge < -0.3 is 8.98 Å². The van der Waals surface area contributed by atoms with Gasteiger partial charge in [-0.1, -0.05) is 146 Å². The maximum atomic E-state index is 6.48. The summed E-state index contributed by atoms with van der Waals surface area (Å²) in [5.74, 6) is 2.22. The fourth-order valence-electron chi connectivity index (χ4n) is 8.58. The Hall–Kier alpha value is -8.16. The minimum atomic E-state index is 0.498. The lowest BCUT2D eigenvalue weighted by molar-refractivity contribution is 0.620. The van der Waals surface area contributed by atoms with Crippen molar-refractivity contribution in [1.82, 2.24) is 29.1 Å². The second kappa shape index (κ2) is 13.2. The van der Waals surface area contributed by atoms with Gasteiger partial charge in [0.25, 0.3) is 0 Å². The molecule has 0 saturated heterocycles. The predicted octanol–water partition coefficient (Wildman–Crippen LogP) is 12.9. The van der Waals surface area contributed by atoms with E-state index >= 15 is 0 Å². The molecule has 0 spiro atoms. The maximum Gasteiger partial charge on any atom is 0.238 e. The van der Waals surface area contributed by atoms with Crippen molar-refractivity contribution in [1.29, 1.82) is 0 Å². The molecule has 0 aliphatic rings. The first-order chi connectivity index (χ1) is 29.3. The van der Waals surface area contributed by atoms with Gasteiger partial charge in [-0.05, 0) is 59.7 Å². The van der Waals surface area contributed by atoms with Crippen LogP contribution >= 0.6 is 0 Å². The van der Waals surface area contributed by atoms with E-state index in [1.54, 1.807) is 0 Å². The molecule has 0 amide bonds. The van der Waals surface area contributed by atoms with Crippen molar-refractivity contribution in [2.45, 2.75) is 0 Å². The van der Waals surface area contributed by atoms with Crippen LogP contribution in [0.5, 0.6) is 0 Å². The van der Waals surface area contributed by atoms with Crippen LogP contribution in [0.25, 0.3) is 112 Å². The van der Waals surface area contributed by atoms with E-state index in [9.17, 15) is 0 Å². The highest BCUT2D eigenvalue weighted by atomic mass is 16.3. The minimum absolute atomic E-state index is 0.498. The summed E-state index contributed by atoms with van der Waals surface area (Å²) < 4.78 is 11.0. The molecular weight excluding hydrogens is 725 g/mol. The van der Waals surface area contributed by atoms with Crippen molar-refractivity contribution in [2.24, 2.45) is 0 Å². The highest BCUT2D eigenvalue weighted by Gasteiger charge is 2.25. The summed E-state index contributed by atoms with van der Waals surface area (Å²) in [6.07, 6.45) is 0. The van der Waals surface area contributed by atoms with Gasteiger partial charge >= 0.3 is 0 Å². The second-order valence-electron chi connectivity index (χ2n) is 14.7. The van der Waals surface area contributed by atoms with Crippen molar-refractivity contribution in [2.75, 3.05) is 0 Å². The molecule has 0 unspecified atom stereocenters. The van der Waals surface area contributed by atoms with Gasteiger partial charge in [-0.25, -0.2) is 9.97 Å². The number of rotatable bonds is 6. The van der Waals surface area contributed by atoms with Crippen molar-refractivity contribution in [3.05, 3.63) is 194 Å². The van der Waals surface area contributed by atoms with E-state index in [0.717, 1.165) is 71.9 Å². The van der Waals surface area contributed by atoms with E-state index in [1.807, 2.05) is 72.8 Å². The molecule has 0 N–H and O–H groups in total. The summed E-state index contributed by atoms with van der Waals surface area (Å²) in [5.41, 5.74) is 11.4. The molecule has 4 heterocycles. The lowest BCUT2D eigenvalue weighted by Gasteiger charge is -2.15. The summed E-state index contributed by atoms with van der Waals surface area (Å²) in [6.45, 7) is 0. The average Bonchev–Trinajstić information content (AvgIpc) is 4.00. The minimum Gasteiger partial charge on any atom is -0.436 e. The van der Waals surface area contributed by atoms with Gasteiger partial charge in [0.2, 0.25) is 11.8 Å². The van der Waals surface area contributed by atoms with Crippen LogP contribution in [0.1, 0.15) is 0 Å². The summed E-state index contributed by atoms with van der Waals surface area (Å²) in [6, 6.07) is 66.8. The molecule has 59 heavy (non-hydrogen) atoms. The molecule has 0 bridgehead atoms. The standard InChI is InChI=1S/C52H32N6O/c1-4-16-33(17-5-1)36-22-14-23-37(32-36)50-54-49(34-18-6-2-7-19-34)55-52(56-50)58-43-30-31-45-47(53-51(59-45)35-20-8-3-9-21-35)46(43)40-26-15-29-44(48(40)58)57-41-27-12-10-24-38(41)39-25-11-13-28-42(39)57/h1-32H. The predicted molar refractivity (Wildman–Crippen MR) is 238 cm³/mol. The fraction of sp³-hybridized carbons (Fsp3) is 0. The highest BCUT2D eigenvalue weighted by molar-refractivity contribution is 6.21. The topological polar surface area (TPSA) is 74.6 Å². The Bertz CT molecular complexity index is 3500. The van der Waals surface area contributed by atoms with Crippen LogP contribution in [0.2, 0.25) is 0 Å². The lowest BCUT2D eigenvalue weighted by atomic mass is 10.0. The van der Waals surface area contributed by atoms with Crippen LogP contribution in [0.15, 0.2) is 199 Å². The van der Waals surface area contributed by atoms with Crippen molar-refractivity contribution >= 4 is 54.7 Å². The number of nitrogens with zero attached hydrogens (tertiary/aromatic N) is 6. The first kappa shape index (κ1) is 33.0. The SMILES string of the molecule is c1ccc(-c2cccc(-c3nc(-c4ccccc4)nc(-n4c5ccc6oc(-c7ccccc7)nc6c5c5cccc(-n6c7ccccc7c7ccccc76)c54)n3)c2)cc1. The Morgan fingerprint density at radius 3 is 1.64 bits per heavy atom. The van der Waals surface area contributed by atoms with Crippen LogP contribution in [0, 0.1) is 0 Å². The van der Waals surface area contributed by atoms with Gasteiger partial charge in [0, 0.05) is 38.2 Å². The van der Waals surface area contributed by atoms with E-state index < -0.39 is 0 Å². The Kier molecular flexibility index (Phi) is 7.40. The van der Waals surface area contributed by atoms with Crippen molar-refractivity contribution in [3.8, 4) is 57.0 Å². The Morgan fingerprint density at radius 1 is 0.373 bits per heavy atom. The molecule has 0 aliphatic carbocycles. The van der Waals surface area contributed by atoms with Crippen molar-refractivity contribution < 1.29 is 4.42 Å². The fourth-order valence-corrected chi connectivity index (χ4v) is 8.58. The Balaban J connectivity index is 1.21. The van der Waals surface area contributed by atoms with Crippen LogP contribution in [0.4, 0.5) is 0 Å². The van der Waals surface area contributed by atoms with Gasteiger partial charge in [-0.15, -0.1) is 0 Å². The van der Waals surface area contributed by atoms with E-state index in [-0.39, 0.29) is 0 Å². The number of oxazole rings is 1. The molecule has 0 radical (unpaired) electrons. The van der Waals surface area contributed by atoms with Crippen LogP contribution in [0.3, 0.4) is 0 Å². The van der Waals surface area contributed by atoms with E-state index in [0.29, 0.717) is 29.1 Å². The van der Waals surface area contributed by atoms with Crippen LogP contribution in [-0.2, 0) is 0 Å². The smallest absolute Gasteiger partial charge is 0.238 e. The largest absolute Gasteiger partial charge is 0.436 e.